The first-order valence-electron chi connectivity index (χ1n) is 13.3. The first-order chi connectivity index (χ1) is 20.2. The highest BCUT2D eigenvalue weighted by atomic mass is 79.9. The number of hydrogen-bond acceptors (Lipinski definition) is 10. The molecule has 4 unspecified atom stereocenters. The van der Waals surface area contributed by atoms with Crippen LogP contribution in [0.1, 0.15) is 32.7 Å². The minimum Gasteiger partial charge on any atom is -0.510 e. The number of rotatable bonds is 6. The molecule has 0 heterocycles. The minimum atomic E-state index is -2.73. The number of ketones is 2. The van der Waals surface area contributed by atoms with Gasteiger partial charge in [0.2, 0.25) is 11.7 Å². The number of methoxy groups -OCH3 is 1. The Bertz CT molecular complexity index is 1630. The molecule has 0 saturated heterocycles. The van der Waals surface area contributed by atoms with E-state index in [4.69, 9.17) is 10.5 Å². The van der Waals surface area contributed by atoms with E-state index in [1.807, 2.05) is 0 Å². The third-order valence-corrected chi connectivity index (χ3v) is 9.44. The van der Waals surface area contributed by atoms with E-state index in [-0.39, 0.29) is 29.7 Å². The molecule has 2 amide bonds. The van der Waals surface area contributed by atoms with E-state index >= 15 is 0 Å². The average Bonchev–Trinajstić information content (AvgIpc) is 2.95. The molecule has 2 aromatic rings. The standard InChI is InChI=1S/C30H30BrN3O9/c1-34(2)22-16-11-14-10-13-6-9-17(33-29(41)21(31)12-4-7-15(43-3)8-5-12)23(35)18(13)24(36)19(14)26(38)30(16,42)27(39)20(25(22)37)28(32)40/h4-9,14,16,21-22,35,37-38,42H,10-11H2,1-3H3,(H2,32,40)(H,33,41)/t14?,16?,21?,22-,30?/m0/s1. The molecule has 0 aliphatic heterocycles. The van der Waals surface area contributed by atoms with Gasteiger partial charge in [0.15, 0.2) is 17.1 Å². The number of amides is 2. The lowest BCUT2D eigenvalue weighted by molar-refractivity contribution is -0.148. The Morgan fingerprint density at radius 1 is 1.12 bits per heavy atom. The number of benzene rings is 2. The fourth-order valence-corrected chi connectivity index (χ4v) is 6.87. The van der Waals surface area contributed by atoms with Gasteiger partial charge < -0.3 is 36.2 Å². The van der Waals surface area contributed by atoms with E-state index < -0.39 is 74.5 Å². The highest BCUT2D eigenvalue weighted by Gasteiger charge is 2.63. The van der Waals surface area contributed by atoms with E-state index in [0.717, 1.165) is 0 Å². The number of nitrogens with zero attached hydrogens (tertiary/aromatic N) is 1. The Balaban J connectivity index is 1.52. The van der Waals surface area contributed by atoms with Crippen LogP contribution < -0.4 is 15.8 Å². The number of carbonyl (C=O) groups excluding carboxylic acids is 4. The van der Waals surface area contributed by atoms with Gasteiger partial charge in [-0.25, -0.2) is 0 Å². The summed E-state index contributed by atoms with van der Waals surface area (Å²) in [6.07, 6.45) is 0.126. The summed E-state index contributed by atoms with van der Waals surface area (Å²) in [4.78, 5) is 53.1. The SMILES string of the molecule is COc1ccc(C(Br)C(=O)Nc2ccc3c(c2O)C(=O)C2=C(O)C4(O)C(=O)C(C(N)=O)=C(O)[C@@H](N(C)C)C4CC2C3)cc1. The van der Waals surface area contributed by atoms with Crippen LogP contribution in [0.2, 0.25) is 0 Å². The van der Waals surface area contributed by atoms with Crippen LogP contribution in [0, 0.1) is 11.8 Å². The summed E-state index contributed by atoms with van der Waals surface area (Å²) >= 11 is 3.34. The second kappa shape index (κ2) is 10.8. The summed E-state index contributed by atoms with van der Waals surface area (Å²) in [7, 11) is 4.64. The zero-order valence-electron chi connectivity index (χ0n) is 23.4. The number of phenols is 1. The summed E-state index contributed by atoms with van der Waals surface area (Å²) in [6, 6.07) is 8.72. The van der Waals surface area contributed by atoms with Crippen molar-refractivity contribution in [3.63, 3.8) is 0 Å². The predicted molar refractivity (Wildman–Crippen MR) is 157 cm³/mol. The second-order valence-electron chi connectivity index (χ2n) is 11.1. The van der Waals surface area contributed by atoms with Crippen LogP contribution in [0.5, 0.6) is 11.5 Å². The number of fused-ring (bicyclic) bond motifs is 3. The number of likely N-dealkylation sites (N-methyl/N-ethyl adjacent to an activating group) is 1. The van der Waals surface area contributed by atoms with Crippen LogP contribution in [0.3, 0.4) is 0 Å². The van der Waals surface area contributed by atoms with Gasteiger partial charge in [-0.05, 0) is 62.2 Å². The Morgan fingerprint density at radius 3 is 2.35 bits per heavy atom. The molecule has 0 fully saturated rings. The maximum absolute atomic E-state index is 13.9. The number of allylic oxidation sites excluding steroid dienone is 1. The number of hydrogen-bond donors (Lipinski definition) is 6. The van der Waals surface area contributed by atoms with Crippen molar-refractivity contribution in [3.05, 3.63) is 75.8 Å². The number of nitrogens with one attached hydrogen (secondary N) is 1. The van der Waals surface area contributed by atoms with Crippen molar-refractivity contribution in [2.75, 3.05) is 26.5 Å². The zero-order chi connectivity index (χ0) is 31.5. The Labute approximate surface area is 254 Å². The summed E-state index contributed by atoms with van der Waals surface area (Å²) in [5, 5.41) is 47.7. The summed E-state index contributed by atoms with van der Waals surface area (Å²) in [5.74, 6) is -7.31. The van der Waals surface area contributed by atoms with E-state index in [1.165, 1.54) is 18.1 Å². The number of Topliss-reactive ketones (excluding diaryl/α,β-unsaturated/α-hetero) is 2. The lowest BCUT2D eigenvalue weighted by atomic mass is 9.58. The fourth-order valence-electron chi connectivity index (χ4n) is 6.45. The summed E-state index contributed by atoms with van der Waals surface area (Å²) < 4.78 is 5.13. The molecule has 5 atom stereocenters. The third-order valence-electron chi connectivity index (χ3n) is 8.49. The quantitative estimate of drug-likeness (QED) is 0.152. The first kappa shape index (κ1) is 30.3. The fraction of sp³-hybridized carbons (Fsp3) is 0.333. The van der Waals surface area contributed by atoms with Gasteiger partial charge in [-0.15, -0.1) is 0 Å². The van der Waals surface area contributed by atoms with Crippen LogP contribution >= 0.6 is 15.9 Å². The second-order valence-corrected chi connectivity index (χ2v) is 12.0. The number of carbonyl (C=O) groups is 4. The van der Waals surface area contributed by atoms with Gasteiger partial charge in [-0.1, -0.05) is 34.1 Å². The molecule has 0 aromatic heterocycles. The number of alkyl halides is 1. The summed E-state index contributed by atoms with van der Waals surface area (Å²) in [5.41, 5.74) is 2.25. The maximum Gasteiger partial charge on any atom is 0.255 e. The number of anilines is 1. The molecule has 5 rings (SSSR count). The van der Waals surface area contributed by atoms with Crippen LogP contribution in [-0.2, 0) is 20.8 Å². The number of aliphatic hydroxyl groups excluding tert-OH is 2. The Kier molecular flexibility index (Phi) is 7.61. The van der Waals surface area contributed by atoms with Gasteiger partial charge in [0.1, 0.15) is 27.7 Å². The van der Waals surface area contributed by atoms with Crippen molar-refractivity contribution in [3.8, 4) is 11.5 Å². The predicted octanol–water partition coefficient (Wildman–Crippen LogP) is 2.20. The number of ether oxygens (including phenoxy) is 1. The topological polar surface area (TPSA) is 200 Å². The van der Waals surface area contributed by atoms with Gasteiger partial charge in [-0.3, -0.25) is 24.1 Å². The number of halogens is 1. The smallest absolute Gasteiger partial charge is 0.255 e. The van der Waals surface area contributed by atoms with Crippen LogP contribution in [0.25, 0.3) is 0 Å². The van der Waals surface area contributed by atoms with E-state index in [9.17, 15) is 39.6 Å². The number of primary amides is 1. The highest BCUT2D eigenvalue weighted by molar-refractivity contribution is 9.09. The third kappa shape index (κ3) is 4.58. The van der Waals surface area contributed by atoms with E-state index in [0.29, 0.717) is 16.9 Å². The highest BCUT2D eigenvalue weighted by Crippen LogP contribution is 2.52. The van der Waals surface area contributed by atoms with Crippen molar-refractivity contribution >= 4 is 45.0 Å². The normalized spacial score (nSPS) is 25.6. The molecule has 0 saturated carbocycles. The first-order valence-corrected chi connectivity index (χ1v) is 14.2. The van der Waals surface area contributed by atoms with Crippen molar-refractivity contribution in [2.45, 2.75) is 29.3 Å². The maximum atomic E-state index is 13.9. The van der Waals surface area contributed by atoms with Gasteiger partial charge >= 0.3 is 0 Å². The lowest BCUT2D eigenvalue weighted by Crippen LogP contribution is -2.63. The van der Waals surface area contributed by atoms with E-state index in [1.54, 1.807) is 44.4 Å². The zero-order valence-corrected chi connectivity index (χ0v) is 25.0. The molecule has 13 heteroatoms. The van der Waals surface area contributed by atoms with E-state index in [2.05, 4.69) is 21.2 Å². The van der Waals surface area contributed by atoms with Crippen LogP contribution in [0.15, 0.2) is 59.1 Å². The van der Waals surface area contributed by atoms with Crippen molar-refractivity contribution in [1.82, 2.24) is 4.90 Å². The van der Waals surface area contributed by atoms with Crippen molar-refractivity contribution < 1.29 is 44.3 Å². The molecule has 3 aliphatic rings. The van der Waals surface area contributed by atoms with Crippen molar-refractivity contribution in [2.24, 2.45) is 17.6 Å². The van der Waals surface area contributed by atoms with Crippen LogP contribution in [-0.4, -0.2) is 81.6 Å². The molecule has 12 nitrogen and oxygen atoms in total. The minimum absolute atomic E-state index is 0.0157. The van der Waals surface area contributed by atoms with Gasteiger partial charge in [0.05, 0.1) is 24.4 Å². The molecule has 7 N–H and O–H groups in total. The number of phenolic OH excluding ortho intramolecular Hbond substituents is 1. The molecular formula is C30H30BrN3O9. The molecule has 0 spiro atoms. The molecule has 3 aliphatic carbocycles. The van der Waals surface area contributed by atoms with Gasteiger partial charge in [0, 0.05) is 11.5 Å². The van der Waals surface area contributed by atoms with Crippen molar-refractivity contribution in [1.29, 1.82) is 0 Å². The summed E-state index contributed by atoms with van der Waals surface area (Å²) in [6.45, 7) is 0. The molecule has 0 bridgehead atoms. The number of nitrogens with two attached hydrogens (primary N) is 1. The molecule has 2 aromatic carbocycles. The molecule has 226 valence electrons. The Hall–Kier alpha value is -4.20. The van der Waals surface area contributed by atoms with Gasteiger partial charge in [0.25, 0.3) is 5.91 Å². The monoisotopic (exact) mass is 655 g/mol. The lowest BCUT2D eigenvalue weighted by Gasteiger charge is -2.50. The van der Waals surface area contributed by atoms with Crippen LogP contribution in [0.4, 0.5) is 5.69 Å². The molecule has 0 radical (unpaired) electrons. The Morgan fingerprint density at radius 2 is 1.77 bits per heavy atom. The average molecular weight is 656 g/mol. The molecular weight excluding hydrogens is 626 g/mol. The van der Waals surface area contributed by atoms with Gasteiger partial charge in [-0.2, -0.15) is 0 Å². The largest absolute Gasteiger partial charge is 0.510 e. The number of aliphatic hydroxyl groups is 3. The number of aromatic hydroxyl groups is 1. The molecule has 43 heavy (non-hydrogen) atoms.